The number of hydrogen-bond donors (Lipinski definition) is 0. The lowest BCUT2D eigenvalue weighted by Crippen LogP contribution is -2.33. The number of aryl methyl sites for hydroxylation is 4. The largest absolute Gasteiger partial charge is 0.351 e. The van der Waals surface area contributed by atoms with Crippen LogP contribution in [0.3, 0.4) is 0 Å². The Hall–Kier alpha value is -2.40. The van der Waals surface area contributed by atoms with E-state index in [2.05, 4.69) is 39.8 Å². The van der Waals surface area contributed by atoms with Gasteiger partial charge in [0.15, 0.2) is 11.6 Å². The number of Topliss-reactive ketones (excluding diaryl/α,β-unsaturated/α-hetero) is 2. The van der Waals surface area contributed by atoms with E-state index < -0.39 is 0 Å². The number of rotatable bonds is 6. The molecule has 4 nitrogen and oxygen atoms in total. The van der Waals surface area contributed by atoms with Gasteiger partial charge in [0.1, 0.15) is 0 Å². The minimum absolute atomic E-state index is 0. The van der Waals surface area contributed by atoms with Crippen molar-refractivity contribution in [2.45, 2.75) is 55.4 Å². The number of nitrogens with zero attached hydrogens (tertiary/aromatic N) is 2. The van der Waals surface area contributed by atoms with Gasteiger partial charge < -0.3 is 9.80 Å². The van der Waals surface area contributed by atoms with Gasteiger partial charge in [0.05, 0.1) is 19.8 Å². The number of carbonyl (C=O) groups is 2. The molecule has 3 rings (SSSR count). The van der Waals surface area contributed by atoms with Gasteiger partial charge in [-0.15, -0.1) is 17.0 Å². The second-order valence-corrected chi connectivity index (χ2v) is 9.05. The Labute approximate surface area is 203 Å². The van der Waals surface area contributed by atoms with Crippen LogP contribution in [-0.2, 0) is 0 Å². The van der Waals surface area contributed by atoms with Gasteiger partial charge in [0.2, 0.25) is 0 Å². The zero-order chi connectivity index (χ0) is 23.0. The SMILES string of the molecule is Br.Cc1cc(C)c(C)c(C(=O)CN2C=CN(CC(=O)c3c(C)c(C)cc(C)c3C)C2)c1C. The standard InChI is InChI=1S/C27H34N2O2.BrH/c1-16-11-17(2)21(6)26(20(16)5)24(30)13-28-9-10-29(15-28)14-25(31)27-22(7)18(3)12-19(4)23(27)8;/h9-12H,13-15H2,1-8H3;1H. The summed E-state index contributed by atoms with van der Waals surface area (Å²) in [4.78, 5) is 30.2. The smallest absolute Gasteiger partial charge is 0.182 e. The van der Waals surface area contributed by atoms with Crippen LogP contribution < -0.4 is 0 Å². The van der Waals surface area contributed by atoms with E-state index in [1.807, 2.05) is 49.9 Å². The van der Waals surface area contributed by atoms with Gasteiger partial charge >= 0.3 is 0 Å². The Morgan fingerprint density at radius 2 is 0.906 bits per heavy atom. The van der Waals surface area contributed by atoms with E-state index in [1.54, 1.807) is 0 Å². The van der Waals surface area contributed by atoms with E-state index >= 15 is 0 Å². The lowest BCUT2D eigenvalue weighted by molar-refractivity contribution is 0.0919. The molecule has 0 spiro atoms. The highest BCUT2D eigenvalue weighted by Gasteiger charge is 2.23. The topological polar surface area (TPSA) is 40.6 Å². The van der Waals surface area contributed by atoms with Crippen LogP contribution in [0.1, 0.15) is 65.2 Å². The third-order valence-corrected chi connectivity index (χ3v) is 6.83. The predicted molar refractivity (Wildman–Crippen MR) is 137 cm³/mol. The molecule has 0 aromatic heterocycles. The second-order valence-electron chi connectivity index (χ2n) is 9.05. The number of halogens is 1. The van der Waals surface area contributed by atoms with Gasteiger partial charge in [-0.3, -0.25) is 9.59 Å². The van der Waals surface area contributed by atoms with E-state index in [-0.39, 0.29) is 28.5 Å². The Bertz CT molecular complexity index is 964. The normalized spacial score (nSPS) is 12.9. The third kappa shape index (κ3) is 4.98. The molecule has 1 heterocycles. The van der Waals surface area contributed by atoms with Crippen molar-refractivity contribution >= 4 is 28.5 Å². The maximum absolute atomic E-state index is 13.1. The molecular weight excluding hydrogens is 464 g/mol. The molecule has 2 aromatic carbocycles. The summed E-state index contributed by atoms with van der Waals surface area (Å²) in [6.07, 6.45) is 3.83. The van der Waals surface area contributed by atoms with Crippen molar-refractivity contribution in [3.63, 3.8) is 0 Å². The highest BCUT2D eigenvalue weighted by molar-refractivity contribution is 8.93. The van der Waals surface area contributed by atoms with Gasteiger partial charge in [0.25, 0.3) is 0 Å². The molecule has 1 aliphatic rings. The molecule has 0 amide bonds. The van der Waals surface area contributed by atoms with Crippen LogP contribution >= 0.6 is 17.0 Å². The van der Waals surface area contributed by atoms with Gasteiger partial charge in [-0.05, 0) is 99.9 Å². The van der Waals surface area contributed by atoms with E-state index in [0.29, 0.717) is 19.8 Å². The van der Waals surface area contributed by atoms with E-state index in [1.165, 1.54) is 0 Å². The average Bonchev–Trinajstić information content (AvgIpc) is 3.12. The monoisotopic (exact) mass is 498 g/mol. The summed E-state index contributed by atoms with van der Waals surface area (Å²) in [5, 5.41) is 0. The van der Waals surface area contributed by atoms with Crippen LogP contribution in [0.5, 0.6) is 0 Å². The van der Waals surface area contributed by atoms with Crippen LogP contribution in [0.15, 0.2) is 24.5 Å². The highest BCUT2D eigenvalue weighted by Crippen LogP contribution is 2.24. The summed E-state index contributed by atoms with van der Waals surface area (Å²) in [5.41, 5.74) is 10.5. The number of carbonyl (C=O) groups excluding carboxylic acids is 2. The maximum atomic E-state index is 13.1. The Balaban J connectivity index is 0.00000363. The summed E-state index contributed by atoms with van der Waals surface area (Å²) in [6.45, 7) is 17.5. The fraction of sp³-hybridized carbons (Fsp3) is 0.407. The van der Waals surface area contributed by atoms with Crippen molar-refractivity contribution in [3.8, 4) is 0 Å². The molecule has 1 aliphatic heterocycles. The lowest BCUT2D eigenvalue weighted by atomic mass is 9.91. The van der Waals surface area contributed by atoms with Crippen LogP contribution in [0.4, 0.5) is 0 Å². The average molecular weight is 499 g/mol. The summed E-state index contributed by atoms with van der Waals surface area (Å²) in [6, 6.07) is 4.28. The minimum atomic E-state index is 0. The third-order valence-electron chi connectivity index (χ3n) is 6.83. The molecule has 0 radical (unpaired) electrons. The first-order valence-electron chi connectivity index (χ1n) is 10.9. The molecule has 0 bridgehead atoms. The Morgan fingerprint density at radius 1 is 0.625 bits per heavy atom. The second kappa shape index (κ2) is 10.0. The molecule has 0 aliphatic carbocycles. The Morgan fingerprint density at radius 3 is 1.19 bits per heavy atom. The van der Waals surface area contributed by atoms with Crippen LogP contribution in [0, 0.1) is 55.4 Å². The van der Waals surface area contributed by atoms with Gasteiger partial charge in [-0.1, -0.05) is 12.1 Å². The van der Waals surface area contributed by atoms with Crippen molar-refractivity contribution in [1.82, 2.24) is 9.80 Å². The number of ketones is 2. The Kier molecular flexibility index (Phi) is 8.11. The molecule has 0 saturated carbocycles. The molecule has 0 fully saturated rings. The van der Waals surface area contributed by atoms with Crippen molar-refractivity contribution in [3.05, 3.63) is 80.2 Å². The fourth-order valence-electron chi connectivity index (χ4n) is 4.52. The fourth-order valence-corrected chi connectivity index (χ4v) is 4.52. The van der Waals surface area contributed by atoms with Gasteiger partial charge in [0, 0.05) is 23.5 Å². The van der Waals surface area contributed by atoms with Crippen molar-refractivity contribution in [1.29, 1.82) is 0 Å². The van der Waals surface area contributed by atoms with Gasteiger partial charge in [-0.2, -0.15) is 0 Å². The molecule has 2 aromatic rings. The lowest BCUT2D eigenvalue weighted by Gasteiger charge is -2.22. The molecule has 0 unspecified atom stereocenters. The quantitative estimate of drug-likeness (QED) is 0.468. The van der Waals surface area contributed by atoms with E-state index in [0.717, 1.165) is 55.6 Å². The van der Waals surface area contributed by atoms with Gasteiger partial charge in [-0.25, -0.2) is 0 Å². The van der Waals surface area contributed by atoms with Crippen LogP contribution in [-0.4, -0.2) is 41.1 Å². The molecule has 0 saturated heterocycles. The molecule has 0 atom stereocenters. The van der Waals surface area contributed by atoms with Crippen molar-refractivity contribution in [2.24, 2.45) is 0 Å². The van der Waals surface area contributed by atoms with E-state index in [9.17, 15) is 9.59 Å². The molecule has 5 heteroatoms. The number of benzene rings is 2. The zero-order valence-electron chi connectivity index (χ0n) is 20.5. The van der Waals surface area contributed by atoms with Crippen LogP contribution in [0.25, 0.3) is 0 Å². The molecule has 0 N–H and O–H groups in total. The highest BCUT2D eigenvalue weighted by atomic mass is 79.9. The maximum Gasteiger partial charge on any atom is 0.182 e. The first kappa shape index (κ1) is 25.9. The first-order chi connectivity index (χ1) is 14.5. The predicted octanol–water partition coefficient (Wildman–Crippen LogP) is 5.84. The first-order valence-corrected chi connectivity index (χ1v) is 10.9. The minimum Gasteiger partial charge on any atom is -0.351 e. The summed E-state index contributed by atoms with van der Waals surface area (Å²) < 4.78 is 0. The van der Waals surface area contributed by atoms with Crippen molar-refractivity contribution in [2.75, 3.05) is 19.8 Å². The van der Waals surface area contributed by atoms with E-state index in [4.69, 9.17) is 0 Å². The van der Waals surface area contributed by atoms with Crippen molar-refractivity contribution < 1.29 is 9.59 Å². The molecule has 32 heavy (non-hydrogen) atoms. The molecular formula is C27H35BrN2O2. The zero-order valence-corrected chi connectivity index (χ0v) is 22.3. The van der Waals surface area contributed by atoms with Crippen LogP contribution in [0.2, 0.25) is 0 Å². The number of hydrogen-bond acceptors (Lipinski definition) is 4. The summed E-state index contributed by atoms with van der Waals surface area (Å²) in [7, 11) is 0. The summed E-state index contributed by atoms with van der Waals surface area (Å²) >= 11 is 0. The molecule has 172 valence electrons. The summed E-state index contributed by atoms with van der Waals surface area (Å²) in [5.74, 6) is 0.251.